The van der Waals surface area contributed by atoms with Gasteiger partial charge in [-0.2, -0.15) is 0 Å². The number of aromatic nitrogens is 1. The molecule has 20 heavy (non-hydrogen) atoms. The zero-order chi connectivity index (χ0) is 14.8. The first-order chi connectivity index (χ1) is 9.50. The summed E-state index contributed by atoms with van der Waals surface area (Å²) < 4.78 is 5.83. The van der Waals surface area contributed by atoms with Crippen molar-refractivity contribution < 1.29 is 4.74 Å². The van der Waals surface area contributed by atoms with E-state index in [0.717, 1.165) is 26.0 Å². The summed E-state index contributed by atoms with van der Waals surface area (Å²) in [6.45, 7) is 12.9. The average molecular weight is 296 g/mol. The molecule has 3 nitrogen and oxygen atoms in total. The lowest BCUT2D eigenvalue weighted by Gasteiger charge is -2.34. The third-order valence-corrected chi connectivity index (χ3v) is 5.23. The monoisotopic (exact) mass is 296 g/mol. The first-order valence-electron chi connectivity index (χ1n) is 7.85. The minimum absolute atomic E-state index is 0.168. The Hall–Kier alpha value is -0.450. The van der Waals surface area contributed by atoms with Crippen molar-refractivity contribution in [3.8, 4) is 0 Å². The van der Waals surface area contributed by atoms with Gasteiger partial charge in [0.1, 0.15) is 11.1 Å². The summed E-state index contributed by atoms with van der Waals surface area (Å²) >= 11 is 1.86. The van der Waals surface area contributed by atoms with Crippen LogP contribution in [0.15, 0.2) is 0 Å². The molecule has 4 heteroatoms. The van der Waals surface area contributed by atoms with Gasteiger partial charge in [0.25, 0.3) is 0 Å². The number of hydrogen-bond acceptors (Lipinski definition) is 4. The highest BCUT2D eigenvalue weighted by Gasteiger charge is 2.35. The molecule has 0 saturated carbocycles. The predicted molar refractivity (Wildman–Crippen MR) is 85.3 cm³/mol. The van der Waals surface area contributed by atoms with Gasteiger partial charge in [-0.05, 0) is 38.1 Å². The Morgan fingerprint density at radius 2 is 2.15 bits per heavy atom. The van der Waals surface area contributed by atoms with E-state index in [9.17, 15) is 0 Å². The van der Waals surface area contributed by atoms with Gasteiger partial charge in [0.2, 0.25) is 0 Å². The van der Waals surface area contributed by atoms with Gasteiger partial charge < -0.3 is 10.1 Å². The van der Waals surface area contributed by atoms with Gasteiger partial charge in [-0.1, -0.05) is 27.7 Å². The molecule has 1 aromatic heterocycles. The maximum Gasteiger partial charge on any atom is 0.122 e. The topological polar surface area (TPSA) is 34.2 Å². The molecule has 2 unspecified atom stereocenters. The molecule has 0 aromatic carbocycles. The van der Waals surface area contributed by atoms with Crippen molar-refractivity contribution in [2.24, 2.45) is 5.41 Å². The minimum Gasteiger partial charge on any atom is -0.371 e. The van der Waals surface area contributed by atoms with Crippen LogP contribution >= 0.6 is 11.3 Å². The number of fused-ring (bicyclic) bond motifs is 1. The van der Waals surface area contributed by atoms with Crippen LogP contribution in [0.4, 0.5) is 0 Å². The number of ether oxygens (including phenoxy) is 1. The van der Waals surface area contributed by atoms with E-state index in [4.69, 9.17) is 9.72 Å². The fraction of sp³-hybridized carbons (Fsp3) is 0.812. The van der Waals surface area contributed by atoms with Gasteiger partial charge in [-0.3, -0.25) is 0 Å². The average Bonchev–Trinajstić information content (AvgIpc) is 2.78. The molecule has 2 rings (SSSR count). The molecule has 1 aromatic rings. The number of thiazole rings is 1. The molecule has 0 fully saturated rings. The lowest BCUT2D eigenvalue weighted by Crippen LogP contribution is -2.32. The van der Waals surface area contributed by atoms with Crippen LogP contribution in [-0.2, 0) is 11.2 Å². The van der Waals surface area contributed by atoms with E-state index in [2.05, 4.69) is 39.9 Å². The van der Waals surface area contributed by atoms with Crippen molar-refractivity contribution in [2.45, 2.75) is 66.0 Å². The van der Waals surface area contributed by atoms with Crippen LogP contribution in [0.5, 0.6) is 0 Å². The lowest BCUT2D eigenvalue weighted by atomic mass is 9.76. The van der Waals surface area contributed by atoms with Crippen LogP contribution in [0.25, 0.3) is 0 Å². The highest BCUT2D eigenvalue weighted by molar-refractivity contribution is 7.11. The second kappa shape index (κ2) is 6.54. The summed E-state index contributed by atoms with van der Waals surface area (Å²) in [5.41, 5.74) is 1.63. The summed E-state index contributed by atoms with van der Waals surface area (Å²) in [6.07, 6.45) is 3.45. The van der Waals surface area contributed by atoms with E-state index in [-0.39, 0.29) is 6.10 Å². The molecule has 114 valence electrons. The van der Waals surface area contributed by atoms with Crippen molar-refractivity contribution in [3.63, 3.8) is 0 Å². The molecule has 0 saturated heterocycles. The maximum atomic E-state index is 5.83. The summed E-state index contributed by atoms with van der Waals surface area (Å²) in [5.74, 6) is 0. The Morgan fingerprint density at radius 3 is 2.75 bits per heavy atom. The summed E-state index contributed by atoms with van der Waals surface area (Å²) in [5, 5.41) is 4.79. The van der Waals surface area contributed by atoms with Gasteiger partial charge in [0, 0.05) is 17.5 Å². The molecular formula is C16H28N2OS. The lowest BCUT2D eigenvalue weighted by molar-refractivity contribution is 0.0595. The van der Waals surface area contributed by atoms with Crippen molar-refractivity contribution >= 4 is 11.3 Å². The molecule has 0 amide bonds. The molecule has 0 radical (unpaired) electrons. The second-order valence-corrected chi connectivity index (χ2v) is 7.43. The fourth-order valence-electron chi connectivity index (χ4n) is 3.07. The molecule has 1 aliphatic rings. The van der Waals surface area contributed by atoms with Crippen molar-refractivity contribution in [1.29, 1.82) is 0 Å². The molecule has 0 aliphatic heterocycles. The second-order valence-electron chi connectivity index (χ2n) is 6.37. The van der Waals surface area contributed by atoms with Crippen LogP contribution in [0.2, 0.25) is 0 Å². The summed E-state index contributed by atoms with van der Waals surface area (Å²) in [7, 11) is 0. The number of rotatable bonds is 6. The fourth-order valence-corrected chi connectivity index (χ4v) is 4.36. The third kappa shape index (κ3) is 3.41. The van der Waals surface area contributed by atoms with Crippen molar-refractivity contribution in [2.75, 3.05) is 13.2 Å². The van der Waals surface area contributed by atoms with Crippen LogP contribution in [0, 0.1) is 5.41 Å². The summed E-state index contributed by atoms with van der Waals surface area (Å²) in [6, 6.07) is 0.462. The third-order valence-electron chi connectivity index (χ3n) is 3.93. The van der Waals surface area contributed by atoms with Gasteiger partial charge in [0.05, 0.1) is 5.69 Å². The Bertz CT molecular complexity index is 442. The first kappa shape index (κ1) is 15.9. The van der Waals surface area contributed by atoms with Crippen molar-refractivity contribution in [3.05, 3.63) is 15.6 Å². The Labute approximate surface area is 127 Å². The highest BCUT2D eigenvalue weighted by Crippen LogP contribution is 2.44. The molecule has 1 aliphatic carbocycles. The molecular weight excluding hydrogens is 268 g/mol. The quantitative estimate of drug-likeness (QED) is 0.852. The molecule has 1 heterocycles. The number of hydrogen-bond donors (Lipinski definition) is 1. The van der Waals surface area contributed by atoms with Gasteiger partial charge in [-0.15, -0.1) is 11.3 Å². The highest BCUT2D eigenvalue weighted by atomic mass is 32.1. The Kier molecular flexibility index (Phi) is 5.21. The van der Waals surface area contributed by atoms with Crippen LogP contribution in [-0.4, -0.2) is 18.1 Å². The largest absolute Gasteiger partial charge is 0.371 e. The standard InChI is InChI=1S/C16H28N2OS/c1-6-13(19-8-3)15-18-12-10-16(4,5)9-11(17-7-2)14(12)20-15/h11,13,17H,6-10H2,1-5H3. The van der Waals surface area contributed by atoms with E-state index >= 15 is 0 Å². The van der Waals surface area contributed by atoms with E-state index in [0.29, 0.717) is 11.5 Å². The van der Waals surface area contributed by atoms with Crippen LogP contribution in [0.1, 0.15) is 75.2 Å². The predicted octanol–water partition coefficient (Wildman–Crippen LogP) is 4.25. The normalized spacial score (nSPS) is 22.6. The summed E-state index contributed by atoms with van der Waals surface area (Å²) in [4.78, 5) is 6.37. The van der Waals surface area contributed by atoms with E-state index in [1.165, 1.54) is 22.0 Å². The Morgan fingerprint density at radius 1 is 1.40 bits per heavy atom. The minimum atomic E-state index is 0.168. The smallest absolute Gasteiger partial charge is 0.122 e. The van der Waals surface area contributed by atoms with Crippen molar-refractivity contribution in [1.82, 2.24) is 10.3 Å². The van der Waals surface area contributed by atoms with Crippen LogP contribution in [0.3, 0.4) is 0 Å². The zero-order valence-corrected chi connectivity index (χ0v) is 14.3. The number of nitrogens with zero attached hydrogens (tertiary/aromatic N) is 1. The van der Waals surface area contributed by atoms with E-state index in [1.54, 1.807) is 0 Å². The molecule has 0 bridgehead atoms. The molecule has 2 atom stereocenters. The first-order valence-corrected chi connectivity index (χ1v) is 8.66. The Balaban J connectivity index is 2.30. The van der Waals surface area contributed by atoms with Crippen LogP contribution < -0.4 is 5.32 Å². The van der Waals surface area contributed by atoms with Gasteiger partial charge >= 0.3 is 0 Å². The zero-order valence-electron chi connectivity index (χ0n) is 13.5. The van der Waals surface area contributed by atoms with E-state index in [1.807, 2.05) is 11.3 Å². The maximum absolute atomic E-state index is 5.83. The SMILES string of the molecule is CCNC1CC(C)(C)Cc2nc(C(CC)OCC)sc21. The number of nitrogens with one attached hydrogen (secondary N) is 1. The van der Waals surface area contributed by atoms with Gasteiger partial charge in [0.15, 0.2) is 0 Å². The van der Waals surface area contributed by atoms with Gasteiger partial charge in [-0.25, -0.2) is 4.98 Å². The molecule has 0 spiro atoms. The molecule has 1 N–H and O–H groups in total. The van der Waals surface area contributed by atoms with E-state index < -0.39 is 0 Å².